The highest BCUT2D eigenvalue weighted by molar-refractivity contribution is 6.17. The molecule has 94 valence electrons. The highest BCUT2D eigenvalue weighted by atomic mass is 35.5. The van der Waals surface area contributed by atoms with Crippen LogP contribution in [0.1, 0.15) is 25.7 Å². The SMILES string of the molecule is CN1CCC(CN(C)C(=O)CCCCl)CC1. The van der Waals surface area contributed by atoms with E-state index in [1.807, 2.05) is 11.9 Å². The second-order valence-electron chi connectivity index (χ2n) is 4.81. The van der Waals surface area contributed by atoms with Gasteiger partial charge in [0, 0.05) is 25.9 Å². The highest BCUT2D eigenvalue weighted by Crippen LogP contribution is 2.17. The lowest BCUT2D eigenvalue weighted by molar-refractivity contribution is -0.130. The Bertz CT molecular complexity index is 215. The summed E-state index contributed by atoms with van der Waals surface area (Å²) >= 11 is 5.58. The van der Waals surface area contributed by atoms with Crippen LogP contribution < -0.4 is 0 Å². The standard InChI is InChI=1S/C12H23ClN2O/c1-14-8-5-11(6-9-14)10-15(2)12(16)4-3-7-13/h11H,3-10H2,1-2H3. The lowest BCUT2D eigenvalue weighted by Gasteiger charge is -2.31. The zero-order chi connectivity index (χ0) is 12.0. The van der Waals surface area contributed by atoms with Crippen LogP contribution in [0.4, 0.5) is 0 Å². The van der Waals surface area contributed by atoms with Gasteiger partial charge in [0.05, 0.1) is 0 Å². The minimum absolute atomic E-state index is 0.236. The van der Waals surface area contributed by atoms with E-state index in [2.05, 4.69) is 11.9 Å². The lowest BCUT2D eigenvalue weighted by atomic mass is 9.96. The molecule has 1 fully saturated rings. The van der Waals surface area contributed by atoms with Crippen molar-refractivity contribution in [1.29, 1.82) is 0 Å². The summed E-state index contributed by atoms with van der Waals surface area (Å²) in [5.74, 6) is 1.49. The molecule has 1 heterocycles. The summed E-state index contributed by atoms with van der Waals surface area (Å²) in [5.41, 5.74) is 0. The summed E-state index contributed by atoms with van der Waals surface area (Å²) in [5, 5.41) is 0. The van der Waals surface area contributed by atoms with Crippen molar-refractivity contribution in [3.05, 3.63) is 0 Å². The summed E-state index contributed by atoms with van der Waals surface area (Å²) in [4.78, 5) is 15.9. The summed E-state index contributed by atoms with van der Waals surface area (Å²) < 4.78 is 0. The van der Waals surface area contributed by atoms with E-state index < -0.39 is 0 Å². The van der Waals surface area contributed by atoms with Crippen LogP contribution in [-0.4, -0.2) is 55.3 Å². The van der Waals surface area contributed by atoms with Crippen molar-refractivity contribution in [1.82, 2.24) is 9.80 Å². The minimum atomic E-state index is 0.236. The molecule has 0 saturated carbocycles. The second-order valence-corrected chi connectivity index (χ2v) is 5.19. The first-order chi connectivity index (χ1) is 7.63. The molecule has 0 atom stereocenters. The van der Waals surface area contributed by atoms with Gasteiger partial charge in [-0.1, -0.05) is 0 Å². The van der Waals surface area contributed by atoms with Crippen LogP contribution in [0.3, 0.4) is 0 Å². The Morgan fingerprint density at radius 2 is 2.06 bits per heavy atom. The van der Waals surface area contributed by atoms with Crippen LogP contribution in [0.5, 0.6) is 0 Å². The first-order valence-corrected chi connectivity index (χ1v) is 6.65. The zero-order valence-electron chi connectivity index (χ0n) is 10.4. The molecule has 0 aromatic carbocycles. The first-order valence-electron chi connectivity index (χ1n) is 6.12. The molecule has 4 heteroatoms. The van der Waals surface area contributed by atoms with Crippen molar-refractivity contribution in [2.24, 2.45) is 5.92 Å². The van der Waals surface area contributed by atoms with Gasteiger partial charge in [0.1, 0.15) is 0 Å². The molecular formula is C12H23ClN2O. The maximum Gasteiger partial charge on any atom is 0.222 e. The molecule has 0 radical (unpaired) electrons. The fraction of sp³-hybridized carbons (Fsp3) is 0.917. The topological polar surface area (TPSA) is 23.6 Å². The lowest BCUT2D eigenvalue weighted by Crippen LogP contribution is -2.37. The fourth-order valence-corrected chi connectivity index (χ4v) is 2.28. The maximum atomic E-state index is 11.7. The van der Waals surface area contributed by atoms with Gasteiger partial charge in [-0.05, 0) is 45.3 Å². The van der Waals surface area contributed by atoms with E-state index in [0.29, 0.717) is 18.2 Å². The van der Waals surface area contributed by atoms with Crippen LogP contribution in [0.2, 0.25) is 0 Å². The Balaban J connectivity index is 2.22. The van der Waals surface area contributed by atoms with Crippen molar-refractivity contribution in [3.8, 4) is 0 Å². The molecule has 1 aliphatic heterocycles. The molecule has 1 saturated heterocycles. The van der Waals surface area contributed by atoms with E-state index in [9.17, 15) is 4.79 Å². The Hall–Kier alpha value is -0.280. The number of amides is 1. The molecule has 0 N–H and O–H groups in total. The highest BCUT2D eigenvalue weighted by Gasteiger charge is 2.19. The van der Waals surface area contributed by atoms with Crippen molar-refractivity contribution < 1.29 is 4.79 Å². The van der Waals surface area contributed by atoms with E-state index in [1.54, 1.807) is 0 Å². The van der Waals surface area contributed by atoms with E-state index in [1.165, 1.54) is 12.8 Å². The Morgan fingerprint density at radius 1 is 1.44 bits per heavy atom. The van der Waals surface area contributed by atoms with Gasteiger partial charge in [0.2, 0.25) is 5.91 Å². The molecule has 0 aromatic heterocycles. The predicted molar refractivity (Wildman–Crippen MR) is 67.8 cm³/mol. The number of hydrogen-bond donors (Lipinski definition) is 0. The van der Waals surface area contributed by atoms with Gasteiger partial charge in [-0.15, -0.1) is 11.6 Å². The smallest absolute Gasteiger partial charge is 0.222 e. The van der Waals surface area contributed by atoms with Gasteiger partial charge in [-0.3, -0.25) is 4.79 Å². The van der Waals surface area contributed by atoms with E-state index in [4.69, 9.17) is 11.6 Å². The molecule has 1 amide bonds. The number of piperidine rings is 1. The normalized spacial score (nSPS) is 18.7. The number of halogens is 1. The monoisotopic (exact) mass is 246 g/mol. The molecule has 3 nitrogen and oxygen atoms in total. The first kappa shape index (κ1) is 13.8. The number of alkyl halides is 1. The molecule has 16 heavy (non-hydrogen) atoms. The van der Waals surface area contributed by atoms with Crippen molar-refractivity contribution in [2.75, 3.05) is 39.6 Å². The van der Waals surface area contributed by atoms with Crippen molar-refractivity contribution in [3.63, 3.8) is 0 Å². The van der Waals surface area contributed by atoms with Gasteiger partial charge in [-0.25, -0.2) is 0 Å². The quantitative estimate of drug-likeness (QED) is 0.691. The maximum absolute atomic E-state index is 11.7. The van der Waals surface area contributed by atoms with Crippen molar-refractivity contribution >= 4 is 17.5 Å². The van der Waals surface area contributed by atoms with Gasteiger partial charge in [0.15, 0.2) is 0 Å². The Kier molecular flexibility index (Phi) is 6.14. The van der Waals surface area contributed by atoms with Crippen LogP contribution in [-0.2, 0) is 4.79 Å². The third kappa shape index (κ3) is 4.71. The van der Waals surface area contributed by atoms with Gasteiger partial charge >= 0.3 is 0 Å². The Morgan fingerprint density at radius 3 is 2.62 bits per heavy atom. The van der Waals surface area contributed by atoms with Crippen LogP contribution in [0.15, 0.2) is 0 Å². The van der Waals surface area contributed by atoms with Crippen LogP contribution in [0.25, 0.3) is 0 Å². The van der Waals surface area contributed by atoms with Gasteiger partial charge < -0.3 is 9.80 Å². The van der Waals surface area contributed by atoms with Crippen LogP contribution in [0, 0.1) is 5.92 Å². The summed E-state index contributed by atoms with van der Waals surface area (Å²) in [6.07, 6.45) is 3.80. The number of rotatable bonds is 5. The van der Waals surface area contributed by atoms with E-state index >= 15 is 0 Å². The largest absolute Gasteiger partial charge is 0.345 e. The number of hydrogen-bond acceptors (Lipinski definition) is 2. The average molecular weight is 247 g/mol. The molecular weight excluding hydrogens is 224 g/mol. The molecule has 0 aromatic rings. The molecule has 0 bridgehead atoms. The number of nitrogens with zero attached hydrogens (tertiary/aromatic N) is 2. The molecule has 1 rings (SSSR count). The average Bonchev–Trinajstić information content (AvgIpc) is 2.29. The van der Waals surface area contributed by atoms with E-state index in [-0.39, 0.29) is 5.91 Å². The molecule has 1 aliphatic rings. The van der Waals surface area contributed by atoms with Gasteiger partial charge in [0.25, 0.3) is 0 Å². The third-order valence-electron chi connectivity index (χ3n) is 3.32. The summed E-state index contributed by atoms with van der Waals surface area (Å²) in [6, 6.07) is 0. The van der Waals surface area contributed by atoms with Crippen LogP contribution >= 0.6 is 11.6 Å². The molecule has 0 aliphatic carbocycles. The zero-order valence-corrected chi connectivity index (χ0v) is 11.2. The number of carbonyl (C=O) groups is 1. The number of likely N-dealkylation sites (tertiary alicyclic amines) is 1. The number of carbonyl (C=O) groups excluding carboxylic acids is 1. The molecule has 0 spiro atoms. The van der Waals surface area contributed by atoms with Gasteiger partial charge in [-0.2, -0.15) is 0 Å². The van der Waals surface area contributed by atoms with Crippen molar-refractivity contribution in [2.45, 2.75) is 25.7 Å². The second kappa shape index (κ2) is 7.13. The predicted octanol–water partition coefficient (Wildman–Crippen LogP) is 1.81. The minimum Gasteiger partial charge on any atom is -0.345 e. The molecule has 0 unspecified atom stereocenters. The fourth-order valence-electron chi connectivity index (χ4n) is 2.14. The third-order valence-corrected chi connectivity index (χ3v) is 3.59. The Labute approximate surface area is 104 Å². The van der Waals surface area contributed by atoms with E-state index in [0.717, 1.165) is 26.1 Å². The summed E-state index contributed by atoms with van der Waals surface area (Å²) in [6.45, 7) is 3.23. The summed E-state index contributed by atoms with van der Waals surface area (Å²) in [7, 11) is 4.07.